The molecule has 0 aliphatic rings. The molecular formula is C12H18N2. The van der Waals surface area contributed by atoms with Gasteiger partial charge >= 0.3 is 0 Å². The summed E-state index contributed by atoms with van der Waals surface area (Å²) in [6.07, 6.45) is 3.90. The van der Waals surface area contributed by atoms with Gasteiger partial charge in [0.1, 0.15) is 0 Å². The van der Waals surface area contributed by atoms with E-state index in [-0.39, 0.29) is 0 Å². The van der Waals surface area contributed by atoms with Crippen molar-refractivity contribution in [2.45, 2.75) is 25.8 Å². The second kappa shape index (κ2) is 5.55. The molecule has 0 aromatic carbocycles. The Morgan fingerprint density at radius 3 is 2.86 bits per heavy atom. The molecule has 0 fully saturated rings. The predicted molar refractivity (Wildman–Crippen MR) is 60.2 cm³/mol. The first-order valence-corrected chi connectivity index (χ1v) is 4.96. The van der Waals surface area contributed by atoms with Gasteiger partial charge in [0.2, 0.25) is 0 Å². The molecule has 2 heteroatoms. The number of likely N-dealkylation sites (N-methyl/N-ethyl adjacent to an activating group) is 1. The highest BCUT2D eigenvalue weighted by Gasteiger charge is 2.06. The Balaban J connectivity index is 2.44. The molecule has 76 valence electrons. The third-order valence-electron chi connectivity index (χ3n) is 2.36. The minimum atomic E-state index is 0.400. The van der Waals surface area contributed by atoms with Crippen molar-refractivity contribution in [1.82, 2.24) is 10.3 Å². The van der Waals surface area contributed by atoms with Gasteiger partial charge in [-0.3, -0.25) is 4.98 Å². The van der Waals surface area contributed by atoms with E-state index in [1.165, 1.54) is 5.57 Å². The Kier molecular flexibility index (Phi) is 4.33. The van der Waals surface area contributed by atoms with Crippen LogP contribution in [0.25, 0.3) is 0 Å². The fourth-order valence-electron chi connectivity index (χ4n) is 1.48. The van der Waals surface area contributed by atoms with E-state index in [0.717, 1.165) is 18.5 Å². The van der Waals surface area contributed by atoms with E-state index in [0.29, 0.717) is 6.04 Å². The maximum atomic E-state index is 4.29. The molecule has 1 heterocycles. The highest BCUT2D eigenvalue weighted by molar-refractivity contribution is 5.07. The first-order valence-electron chi connectivity index (χ1n) is 4.96. The fraction of sp³-hybridized carbons (Fsp3) is 0.417. The van der Waals surface area contributed by atoms with Crippen LogP contribution in [-0.2, 0) is 6.42 Å². The molecule has 1 rings (SSSR count). The molecule has 1 N–H and O–H groups in total. The minimum absolute atomic E-state index is 0.400. The van der Waals surface area contributed by atoms with E-state index in [1.807, 2.05) is 25.4 Å². The monoisotopic (exact) mass is 190 g/mol. The van der Waals surface area contributed by atoms with Gasteiger partial charge in [-0.25, -0.2) is 0 Å². The van der Waals surface area contributed by atoms with Gasteiger partial charge in [-0.1, -0.05) is 18.2 Å². The van der Waals surface area contributed by atoms with Gasteiger partial charge in [0.15, 0.2) is 0 Å². The first-order chi connectivity index (χ1) is 6.74. The Morgan fingerprint density at radius 1 is 1.57 bits per heavy atom. The summed E-state index contributed by atoms with van der Waals surface area (Å²) in [5.74, 6) is 0. The van der Waals surface area contributed by atoms with Crippen LogP contribution in [-0.4, -0.2) is 18.1 Å². The van der Waals surface area contributed by atoms with Crippen molar-refractivity contribution in [2.24, 2.45) is 0 Å². The molecular weight excluding hydrogens is 172 g/mol. The molecule has 0 bridgehead atoms. The SMILES string of the molecule is C=C(C)C(CCc1ccccn1)NC. The number of nitrogens with one attached hydrogen (secondary N) is 1. The summed E-state index contributed by atoms with van der Waals surface area (Å²) in [4.78, 5) is 4.29. The Morgan fingerprint density at radius 2 is 2.36 bits per heavy atom. The second-order valence-corrected chi connectivity index (χ2v) is 3.55. The Bertz CT molecular complexity index is 280. The zero-order valence-electron chi connectivity index (χ0n) is 8.96. The summed E-state index contributed by atoms with van der Waals surface area (Å²) in [7, 11) is 1.97. The maximum Gasteiger partial charge on any atom is 0.0404 e. The van der Waals surface area contributed by atoms with Crippen LogP contribution in [0.4, 0.5) is 0 Å². The number of rotatable bonds is 5. The summed E-state index contributed by atoms with van der Waals surface area (Å²) >= 11 is 0. The number of aryl methyl sites for hydroxylation is 1. The van der Waals surface area contributed by atoms with E-state index < -0.39 is 0 Å². The lowest BCUT2D eigenvalue weighted by Gasteiger charge is -2.15. The van der Waals surface area contributed by atoms with Crippen molar-refractivity contribution < 1.29 is 0 Å². The van der Waals surface area contributed by atoms with E-state index in [2.05, 4.69) is 29.9 Å². The predicted octanol–water partition coefficient (Wildman–Crippen LogP) is 2.18. The van der Waals surface area contributed by atoms with Crippen LogP contribution in [0.2, 0.25) is 0 Å². The molecule has 0 aliphatic heterocycles. The van der Waals surface area contributed by atoms with E-state index in [1.54, 1.807) is 0 Å². The summed E-state index contributed by atoms with van der Waals surface area (Å²) in [5, 5.41) is 3.24. The lowest BCUT2D eigenvalue weighted by Crippen LogP contribution is -2.26. The van der Waals surface area contributed by atoms with Crippen molar-refractivity contribution in [3.8, 4) is 0 Å². The largest absolute Gasteiger partial charge is 0.313 e. The summed E-state index contributed by atoms with van der Waals surface area (Å²) in [6, 6.07) is 6.43. The van der Waals surface area contributed by atoms with Gasteiger partial charge in [-0.05, 0) is 38.9 Å². The van der Waals surface area contributed by atoms with Crippen LogP contribution in [0, 0.1) is 0 Å². The molecule has 1 atom stereocenters. The number of pyridine rings is 1. The van der Waals surface area contributed by atoms with Gasteiger partial charge in [-0.2, -0.15) is 0 Å². The van der Waals surface area contributed by atoms with Crippen LogP contribution in [0.5, 0.6) is 0 Å². The normalized spacial score (nSPS) is 12.4. The molecule has 0 saturated carbocycles. The van der Waals surface area contributed by atoms with Crippen LogP contribution >= 0.6 is 0 Å². The van der Waals surface area contributed by atoms with Crippen molar-refractivity contribution >= 4 is 0 Å². The molecule has 1 aromatic rings. The Hall–Kier alpha value is -1.15. The van der Waals surface area contributed by atoms with Crippen molar-refractivity contribution in [1.29, 1.82) is 0 Å². The van der Waals surface area contributed by atoms with Crippen molar-refractivity contribution in [2.75, 3.05) is 7.05 Å². The molecule has 1 aromatic heterocycles. The lowest BCUT2D eigenvalue weighted by molar-refractivity contribution is 0.584. The van der Waals surface area contributed by atoms with E-state index in [4.69, 9.17) is 0 Å². The standard InChI is InChI=1S/C12H18N2/c1-10(2)12(13-3)8-7-11-6-4-5-9-14-11/h4-6,9,12-13H,1,7-8H2,2-3H3. The minimum Gasteiger partial charge on any atom is -0.313 e. The zero-order valence-corrected chi connectivity index (χ0v) is 8.96. The third-order valence-corrected chi connectivity index (χ3v) is 2.36. The molecule has 0 spiro atoms. The number of hydrogen-bond donors (Lipinski definition) is 1. The van der Waals surface area contributed by atoms with Gasteiger partial charge in [0.05, 0.1) is 0 Å². The highest BCUT2D eigenvalue weighted by Crippen LogP contribution is 2.07. The fourth-order valence-corrected chi connectivity index (χ4v) is 1.48. The first kappa shape index (κ1) is 10.9. The number of aromatic nitrogens is 1. The highest BCUT2D eigenvalue weighted by atomic mass is 14.9. The van der Waals surface area contributed by atoms with Crippen LogP contribution < -0.4 is 5.32 Å². The Labute approximate surface area is 86.1 Å². The molecule has 0 saturated heterocycles. The zero-order chi connectivity index (χ0) is 10.4. The molecule has 0 aliphatic carbocycles. The van der Waals surface area contributed by atoms with Crippen molar-refractivity contribution in [3.63, 3.8) is 0 Å². The summed E-state index contributed by atoms with van der Waals surface area (Å²) in [5.41, 5.74) is 2.33. The summed E-state index contributed by atoms with van der Waals surface area (Å²) in [6.45, 7) is 6.01. The maximum absolute atomic E-state index is 4.29. The van der Waals surface area contributed by atoms with Gasteiger partial charge in [-0.15, -0.1) is 0 Å². The topological polar surface area (TPSA) is 24.9 Å². The van der Waals surface area contributed by atoms with Crippen LogP contribution in [0.3, 0.4) is 0 Å². The quantitative estimate of drug-likeness (QED) is 0.720. The number of nitrogens with zero attached hydrogens (tertiary/aromatic N) is 1. The van der Waals surface area contributed by atoms with Gasteiger partial charge in [0, 0.05) is 17.9 Å². The van der Waals surface area contributed by atoms with Crippen LogP contribution in [0.15, 0.2) is 36.5 Å². The smallest absolute Gasteiger partial charge is 0.0404 e. The second-order valence-electron chi connectivity index (χ2n) is 3.55. The number of hydrogen-bond acceptors (Lipinski definition) is 2. The summed E-state index contributed by atoms with van der Waals surface area (Å²) < 4.78 is 0. The van der Waals surface area contributed by atoms with Crippen molar-refractivity contribution in [3.05, 3.63) is 42.2 Å². The average Bonchev–Trinajstić information content (AvgIpc) is 2.20. The molecule has 0 radical (unpaired) electrons. The van der Waals surface area contributed by atoms with Gasteiger partial charge < -0.3 is 5.32 Å². The molecule has 0 amide bonds. The van der Waals surface area contributed by atoms with E-state index in [9.17, 15) is 0 Å². The average molecular weight is 190 g/mol. The van der Waals surface area contributed by atoms with Crippen LogP contribution in [0.1, 0.15) is 19.0 Å². The molecule has 14 heavy (non-hydrogen) atoms. The third kappa shape index (κ3) is 3.30. The lowest BCUT2D eigenvalue weighted by atomic mass is 10.0. The molecule has 2 nitrogen and oxygen atoms in total. The van der Waals surface area contributed by atoms with E-state index >= 15 is 0 Å². The van der Waals surface area contributed by atoms with Gasteiger partial charge in [0.25, 0.3) is 0 Å². The molecule has 1 unspecified atom stereocenters.